The van der Waals surface area contributed by atoms with E-state index < -0.39 is 6.10 Å². The van der Waals surface area contributed by atoms with E-state index in [-0.39, 0.29) is 31.1 Å². The van der Waals surface area contributed by atoms with Gasteiger partial charge >= 0.3 is 17.9 Å². The van der Waals surface area contributed by atoms with Crippen molar-refractivity contribution in [3.8, 4) is 0 Å². The maximum Gasteiger partial charge on any atom is 0.306 e. The quantitative estimate of drug-likeness (QED) is 0.0261. The lowest BCUT2D eigenvalue weighted by Crippen LogP contribution is -2.30. The molecule has 6 nitrogen and oxygen atoms in total. The average Bonchev–Trinajstić information content (AvgIpc) is 3.39. The zero-order valence-corrected chi connectivity index (χ0v) is 48.9. The number of esters is 3. The van der Waals surface area contributed by atoms with Crippen LogP contribution in [0.5, 0.6) is 0 Å². The number of rotatable bonds is 59. The number of carbonyl (C=O) groups excluding carboxylic acids is 3. The molecule has 1 atom stereocenters. The zero-order chi connectivity index (χ0) is 52.9. The predicted octanol–water partition coefficient (Wildman–Crippen LogP) is 21.8. The minimum absolute atomic E-state index is 0.0754. The Morgan fingerprint density at radius 1 is 0.274 bits per heavy atom. The van der Waals surface area contributed by atoms with Gasteiger partial charge in [-0.05, 0) is 83.5 Å². The van der Waals surface area contributed by atoms with Gasteiger partial charge in [0.25, 0.3) is 0 Å². The zero-order valence-electron chi connectivity index (χ0n) is 48.9. The first-order valence-corrected chi connectivity index (χ1v) is 32.1. The number of carbonyl (C=O) groups is 3. The molecule has 0 bridgehead atoms. The molecular formula is C67H122O6. The summed E-state index contributed by atoms with van der Waals surface area (Å²) >= 11 is 0. The lowest BCUT2D eigenvalue weighted by molar-refractivity contribution is -0.167. The molecule has 0 aromatic carbocycles. The number of hydrogen-bond donors (Lipinski definition) is 0. The van der Waals surface area contributed by atoms with Gasteiger partial charge in [-0.15, -0.1) is 0 Å². The summed E-state index contributed by atoms with van der Waals surface area (Å²) in [6, 6.07) is 0. The van der Waals surface area contributed by atoms with Crippen LogP contribution < -0.4 is 0 Å². The highest BCUT2D eigenvalue weighted by molar-refractivity contribution is 5.71. The van der Waals surface area contributed by atoms with Crippen LogP contribution in [0.3, 0.4) is 0 Å². The van der Waals surface area contributed by atoms with Gasteiger partial charge in [0.05, 0.1) is 0 Å². The van der Waals surface area contributed by atoms with Crippen LogP contribution in [-0.2, 0) is 28.6 Å². The summed E-state index contributed by atoms with van der Waals surface area (Å²) < 4.78 is 16.9. The molecule has 0 amide bonds. The van der Waals surface area contributed by atoms with Crippen LogP contribution in [0.4, 0.5) is 0 Å². The molecule has 0 aliphatic rings. The Balaban J connectivity index is 4.35. The Labute approximate surface area is 454 Å². The second-order valence-corrected chi connectivity index (χ2v) is 21.7. The van der Waals surface area contributed by atoms with Crippen molar-refractivity contribution in [2.75, 3.05) is 13.2 Å². The second kappa shape index (κ2) is 61.9. The van der Waals surface area contributed by atoms with Crippen molar-refractivity contribution >= 4 is 17.9 Å². The maximum absolute atomic E-state index is 12.9. The van der Waals surface area contributed by atoms with E-state index in [2.05, 4.69) is 69.4 Å². The van der Waals surface area contributed by atoms with E-state index in [1.54, 1.807) is 0 Å². The molecule has 0 N–H and O–H groups in total. The summed E-state index contributed by atoms with van der Waals surface area (Å²) in [6.07, 6.45) is 76.8. The third-order valence-corrected chi connectivity index (χ3v) is 14.3. The topological polar surface area (TPSA) is 78.9 Å². The first kappa shape index (κ1) is 70.4. The highest BCUT2D eigenvalue weighted by Crippen LogP contribution is 2.17. The van der Waals surface area contributed by atoms with E-state index >= 15 is 0 Å². The van der Waals surface area contributed by atoms with E-state index in [4.69, 9.17) is 14.2 Å². The van der Waals surface area contributed by atoms with Crippen LogP contribution in [0.25, 0.3) is 0 Å². The number of ether oxygens (including phenoxy) is 3. The van der Waals surface area contributed by atoms with Crippen LogP contribution in [0.1, 0.15) is 342 Å². The SMILES string of the molecule is CCCCC/C=C\C/C=C\CCCCCCCCCC(=O)OCC(COC(=O)CCCCCCCCCCCCCCCCCCCCCC)OC(=O)CCCCCCCCC/C=C\C/C=C\CCCCCC. The van der Waals surface area contributed by atoms with Gasteiger partial charge in [-0.3, -0.25) is 14.4 Å². The summed E-state index contributed by atoms with van der Waals surface area (Å²) in [5, 5.41) is 0. The van der Waals surface area contributed by atoms with Crippen LogP contribution in [0, 0.1) is 0 Å². The second-order valence-electron chi connectivity index (χ2n) is 21.7. The molecule has 6 heteroatoms. The summed E-state index contributed by atoms with van der Waals surface area (Å²) in [5.74, 6) is -0.870. The third kappa shape index (κ3) is 60.1. The molecule has 1 unspecified atom stereocenters. The van der Waals surface area contributed by atoms with Gasteiger partial charge in [0, 0.05) is 19.3 Å². The van der Waals surface area contributed by atoms with Gasteiger partial charge in [0.15, 0.2) is 6.10 Å². The predicted molar refractivity (Wildman–Crippen MR) is 316 cm³/mol. The summed E-state index contributed by atoms with van der Waals surface area (Å²) in [6.45, 7) is 6.64. The van der Waals surface area contributed by atoms with E-state index in [0.29, 0.717) is 19.3 Å². The maximum atomic E-state index is 12.9. The minimum atomic E-state index is -0.780. The molecule has 0 radical (unpaired) electrons. The van der Waals surface area contributed by atoms with Crippen LogP contribution in [0.2, 0.25) is 0 Å². The molecule has 73 heavy (non-hydrogen) atoms. The Kier molecular flexibility index (Phi) is 59.7. The van der Waals surface area contributed by atoms with E-state index in [9.17, 15) is 14.4 Å². The smallest absolute Gasteiger partial charge is 0.306 e. The van der Waals surface area contributed by atoms with E-state index in [1.165, 1.54) is 218 Å². The van der Waals surface area contributed by atoms with Crippen molar-refractivity contribution in [2.24, 2.45) is 0 Å². The van der Waals surface area contributed by atoms with Gasteiger partial charge in [-0.25, -0.2) is 0 Å². The van der Waals surface area contributed by atoms with Gasteiger partial charge in [0.1, 0.15) is 13.2 Å². The normalized spacial score (nSPS) is 12.3. The monoisotopic (exact) mass is 1020 g/mol. The summed E-state index contributed by atoms with van der Waals surface area (Å²) in [7, 11) is 0. The fourth-order valence-electron chi connectivity index (χ4n) is 9.45. The van der Waals surface area contributed by atoms with Crippen LogP contribution in [-0.4, -0.2) is 37.2 Å². The Bertz CT molecular complexity index is 1270. The third-order valence-electron chi connectivity index (χ3n) is 14.3. The molecule has 0 heterocycles. The Morgan fingerprint density at radius 2 is 0.493 bits per heavy atom. The molecule has 0 aliphatic heterocycles. The number of allylic oxidation sites excluding steroid dienone is 8. The molecule has 0 fully saturated rings. The highest BCUT2D eigenvalue weighted by atomic mass is 16.6. The highest BCUT2D eigenvalue weighted by Gasteiger charge is 2.19. The lowest BCUT2D eigenvalue weighted by Gasteiger charge is -2.18. The van der Waals surface area contributed by atoms with Gasteiger partial charge in [-0.1, -0.05) is 288 Å². The van der Waals surface area contributed by atoms with Crippen molar-refractivity contribution in [2.45, 2.75) is 348 Å². The fourth-order valence-corrected chi connectivity index (χ4v) is 9.45. The summed E-state index contributed by atoms with van der Waals surface area (Å²) in [5.41, 5.74) is 0. The molecule has 0 rings (SSSR count). The number of hydrogen-bond acceptors (Lipinski definition) is 6. The van der Waals surface area contributed by atoms with Gasteiger partial charge in [0.2, 0.25) is 0 Å². The Morgan fingerprint density at radius 3 is 0.795 bits per heavy atom. The molecule has 0 aromatic heterocycles. The standard InChI is InChI=1S/C67H122O6/c1-4-7-10-13-16-19-22-25-28-31-33-34-37-39-42-45-48-51-54-57-60-66(69)72-63-64(62-71-65(68)59-56-53-50-47-44-41-38-35-30-27-24-21-18-15-12-9-6-3)73-67(70)61-58-55-52-49-46-43-40-36-32-29-26-23-20-17-14-11-8-5-2/h18,20-21,23,27,29-30,32,64H,4-17,19,22,24-26,28,31,33-63H2,1-3H3/b21-18-,23-20-,30-27-,32-29-. The molecular weight excluding hydrogens is 901 g/mol. The Hall–Kier alpha value is -2.63. The molecule has 0 saturated carbocycles. The molecule has 0 saturated heterocycles. The fraction of sp³-hybridized carbons (Fsp3) is 0.836. The van der Waals surface area contributed by atoms with Crippen molar-refractivity contribution < 1.29 is 28.6 Å². The number of unbranched alkanes of at least 4 members (excludes halogenated alkanes) is 40. The molecule has 0 spiro atoms. The first-order valence-electron chi connectivity index (χ1n) is 32.1. The summed E-state index contributed by atoms with van der Waals surface area (Å²) in [4.78, 5) is 38.3. The van der Waals surface area contributed by atoms with Crippen molar-refractivity contribution in [3.63, 3.8) is 0 Å². The minimum Gasteiger partial charge on any atom is -0.462 e. The molecule has 426 valence electrons. The average molecular weight is 1020 g/mol. The molecule has 0 aliphatic carbocycles. The van der Waals surface area contributed by atoms with Crippen molar-refractivity contribution in [3.05, 3.63) is 48.6 Å². The van der Waals surface area contributed by atoms with Crippen LogP contribution >= 0.6 is 0 Å². The van der Waals surface area contributed by atoms with Crippen molar-refractivity contribution in [1.82, 2.24) is 0 Å². The van der Waals surface area contributed by atoms with Crippen molar-refractivity contribution in [1.29, 1.82) is 0 Å². The van der Waals surface area contributed by atoms with E-state index in [0.717, 1.165) is 83.5 Å². The lowest BCUT2D eigenvalue weighted by atomic mass is 10.0. The van der Waals surface area contributed by atoms with Crippen LogP contribution in [0.15, 0.2) is 48.6 Å². The first-order chi connectivity index (χ1) is 36.0. The van der Waals surface area contributed by atoms with Gasteiger partial charge < -0.3 is 14.2 Å². The largest absolute Gasteiger partial charge is 0.462 e. The van der Waals surface area contributed by atoms with E-state index in [1.807, 2.05) is 0 Å². The van der Waals surface area contributed by atoms with Gasteiger partial charge in [-0.2, -0.15) is 0 Å². The molecule has 0 aromatic rings.